The number of rotatable bonds is 5. The maximum absolute atomic E-state index is 3.54. The Balaban J connectivity index is 2.42. The molecule has 0 radical (unpaired) electrons. The molecule has 0 unspecified atom stereocenters. The second kappa shape index (κ2) is 4.99. The molecule has 13 heavy (non-hydrogen) atoms. The van der Waals surface area contributed by atoms with Gasteiger partial charge in [-0.25, -0.2) is 0 Å². The maximum atomic E-state index is 3.54. The van der Waals surface area contributed by atoms with Crippen LogP contribution >= 0.6 is 0 Å². The maximum Gasteiger partial charge on any atom is 0.000779 e. The van der Waals surface area contributed by atoms with Crippen LogP contribution in [0.15, 0.2) is 0 Å². The van der Waals surface area contributed by atoms with Gasteiger partial charge in [-0.2, -0.15) is 0 Å². The second-order valence-electron chi connectivity index (χ2n) is 5.09. The lowest BCUT2D eigenvalue weighted by molar-refractivity contribution is 0.226. The minimum absolute atomic E-state index is 0.657. The van der Waals surface area contributed by atoms with E-state index in [1.807, 2.05) is 0 Å². The molecule has 0 bridgehead atoms. The van der Waals surface area contributed by atoms with Crippen molar-refractivity contribution in [2.45, 2.75) is 52.9 Å². The molecule has 1 heteroatoms. The van der Waals surface area contributed by atoms with Crippen molar-refractivity contribution in [2.75, 3.05) is 13.1 Å². The molecule has 0 spiro atoms. The standard InChI is InChI=1S/C12H25N/c1-4-13-10-12(9-11(2)3)7-5-6-8-12/h11,13H,4-10H2,1-3H3. The van der Waals surface area contributed by atoms with E-state index < -0.39 is 0 Å². The van der Waals surface area contributed by atoms with E-state index in [1.165, 1.54) is 38.6 Å². The molecular formula is C12H25N. The quantitative estimate of drug-likeness (QED) is 0.690. The molecule has 0 aromatic heterocycles. The average Bonchev–Trinajstić information content (AvgIpc) is 2.49. The molecule has 0 aromatic rings. The third kappa shape index (κ3) is 3.30. The minimum atomic E-state index is 0.657. The number of hydrogen-bond acceptors (Lipinski definition) is 1. The molecule has 1 aliphatic carbocycles. The SMILES string of the molecule is CCNCC1(CC(C)C)CCCC1. The Morgan fingerprint density at radius 2 is 1.85 bits per heavy atom. The topological polar surface area (TPSA) is 12.0 Å². The normalized spacial score (nSPS) is 21.2. The van der Waals surface area contributed by atoms with Crippen molar-refractivity contribution >= 4 is 0 Å². The van der Waals surface area contributed by atoms with Crippen molar-refractivity contribution in [3.63, 3.8) is 0 Å². The van der Waals surface area contributed by atoms with Crippen molar-refractivity contribution in [2.24, 2.45) is 11.3 Å². The molecule has 1 nitrogen and oxygen atoms in total. The van der Waals surface area contributed by atoms with E-state index in [2.05, 4.69) is 26.1 Å². The van der Waals surface area contributed by atoms with Gasteiger partial charge in [0, 0.05) is 6.54 Å². The third-order valence-corrected chi connectivity index (χ3v) is 3.26. The zero-order valence-electron chi connectivity index (χ0n) is 9.53. The first kappa shape index (κ1) is 11.0. The highest BCUT2D eigenvalue weighted by atomic mass is 14.9. The molecule has 0 amide bonds. The Kier molecular flexibility index (Phi) is 4.24. The summed E-state index contributed by atoms with van der Waals surface area (Å²) < 4.78 is 0. The third-order valence-electron chi connectivity index (χ3n) is 3.26. The van der Waals surface area contributed by atoms with Crippen molar-refractivity contribution in [1.82, 2.24) is 5.32 Å². The Bertz CT molecular complexity index is 134. The van der Waals surface area contributed by atoms with Crippen LogP contribution in [0.5, 0.6) is 0 Å². The lowest BCUT2D eigenvalue weighted by atomic mass is 9.78. The van der Waals surface area contributed by atoms with Gasteiger partial charge in [0.05, 0.1) is 0 Å². The summed E-state index contributed by atoms with van der Waals surface area (Å²) in [6.45, 7) is 9.29. The van der Waals surface area contributed by atoms with Gasteiger partial charge >= 0.3 is 0 Å². The number of hydrogen-bond donors (Lipinski definition) is 1. The van der Waals surface area contributed by atoms with E-state index in [-0.39, 0.29) is 0 Å². The predicted molar refractivity (Wildman–Crippen MR) is 58.9 cm³/mol. The molecule has 78 valence electrons. The summed E-state index contributed by atoms with van der Waals surface area (Å²) in [6, 6.07) is 0. The molecule has 0 heterocycles. The number of nitrogens with one attached hydrogen (secondary N) is 1. The molecule has 0 atom stereocenters. The smallest absolute Gasteiger partial charge is 0.000779 e. The van der Waals surface area contributed by atoms with Gasteiger partial charge < -0.3 is 5.32 Å². The Hall–Kier alpha value is -0.0400. The fraction of sp³-hybridized carbons (Fsp3) is 1.00. The predicted octanol–water partition coefficient (Wildman–Crippen LogP) is 3.20. The fourth-order valence-electron chi connectivity index (χ4n) is 2.83. The summed E-state index contributed by atoms with van der Waals surface area (Å²) in [6.07, 6.45) is 7.24. The first-order valence-corrected chi connectivity index (χ1v) is 5.89. The Morgan fingerprint density at radius 3 is 2.31 bits per heavy atom. The highest BCUT2D eigenvalue weighted by Gasteiger charge is 2.33. The van der Waals surface area contributed by atoms with Gasteiger partial charge in [0.2, 0.25) is 0 Å². The van der Waals surface area contributed by atoms with Gasteiger partial charge in [-0.3, -0.25) is 0 Å². The first-order valence-electron chi connectivity index (χ1n) is 5.89. The summed E-state index contributed by atoms with van der Waals surface area (Å²) in [4.78, 5) is 0. The summed E-state index contributed by atoms with van der Waals surface area (Å²) >= 11 is 0. The van der Waals surface area contributed by atoms with Crippen LogP contribution in [0, 0.1) is 11.3 Å². The summed E-state index contributed by atoms with van der Waals surface area (Å²) in [5.74, 6) is 0.858. The van der Waals surface area contributed by atoms with Gasteiger partial charge in [-0.1, -0.05) is 33.6 Å². The fourth-order valence-corrected chi connectivity index (χ4v) is 2.83. The molecule has 1 saturated carbocycles. The van der Waals surface area contributed by atoms with Crippen molar-refractivity contribution in [3.8, 4) is 0 Å². The van der Waals surface area contributed by atoms with Crippen LogP contribution in [-0.2, 0) is 0 Å². The summed E-state index contributed by atoms with van der Waals surface area (Å²) in [5.41, 5.74) is 0.657. The lowest BCUT2D eigenvalue weighted by Gasteiger charge is -2.31. The van der Waals surface area contributed by atoms with Crippen LogP contribution in [0.2, 0.25) is 0 Å². The average molecular weight is 183 g/mol. The van der Waals surface area contributed by atoms with E-state index in [4.69, 9.17) is 0 Å². The summed E-state index contributed by atoms with van der Waals surface area (Å²) in [5, 5.41) is 3.54. The Labute approximate surface area is 83.3 Å². The van der Waals surface area contributed by atoms with E-state index in [0.29, 0.717) is 5.41 Å². The molecule has 0 saturated heterocycles. The largest absolute Gasteiger partial charge is 0.316 e. The van der Waals surface area contributed by atoms with Crippen molar-refractivity contribution in [1.29, 1.82) is 0 Å². The molecule has 1 rings (SSSR count). The monoisotopic (exact) mass is 183 g/mol. The zero-order chi connectivity index (χ0) is 9.73. The van der Waals surface area contributed by atoms with Crippen LogP contribution in [0.3, 0.4) is 0 Å². The zero-order valence-corrected chi connectivity index (χ0v) is 9.53. The first-order chi connectivity index (χ1) is 6.18. The molecule has 0 aromatic carbocycles. The van der Waals surface area contributed by atoms with E-state index in [1.54, 1.807) is 0 Å². The molecule has 1 fully saturated rings. The van der Waals surface area contributed by atoms with Gasteiger partial charge in [0.15, 0.2) is 0 Å². The van der Waals surface area contributed by atoms with E-state index in [0.717, 1.165) is 12.5 Å². The van der Waals surface area contributed by atoms with Gasteiger partial charge in [-0.15, -0.1) is 0 Å². The van der Waals surface area contributed by atoms with Crippen LogP contribution in [0.25, 0.3) is 0 Å². The Morgan fingerprint density at radius 1 is 1.23 bits per heavy atom. The lowest BCUT2D eigenvalue weighted by Crippen LogP contribution is -2.33. The van der Waals surface area contributed by atoms with Gasteiger partial charge in [0.25, 0.3) is 0 Å². The van der Waals surface area contributed by atoms with Gasteiger partial charge in [-0.05, 0) is 37.1 Å². The van der Waals surface area contributed by atoms with E-state index >= 15 is 0 Å². The highest BCUT2D eigenvalue weighted by molar-refractivity contribution is 4.87. The van der Waals surface area contributed by atoms with Crippen molar-refractivity contribution < 1.29 is 0 Å². The summed E-state index contributed by atoms with van der Waals surface area (Å²) in [7, 11) is 0. The highest BCUT2D eigenvalue weighted by Crippen LogP contribution is 2.42. The van der Waals surface area contributed by atoms with E-state index in [9.17, 15) is 0 Å². The molecule has 0 aliphatic heterocycles. The van der Waals surface area contributed by atoms with Crippen LogP contribution in [-0.4, -0.2) is 13.1 Å². The minimum Gasteiger partial charge on any atom is -0.316 e. The molecule has 1 aliphatic rings. The van der Waals surface area contributed by atoms with Gasteiger partial charge in [0.1, 0.15) is 0 Å². The van der Waals surface area contributed by atoms with Crippen LogP contribution in [0.4, 0.5) is 0 Å². The second-order valence-corrected chi connectivity index (χ2v) is 5.09. The molecular weight excluding hydrogens is 158 g/mol. The van der Waals surface area contributed by atoms with Crippen LogP contribution in [0.1, 0.15) is 52.9 Å². The van der Waals surface area contributed by atoms with Crippen molar-refractivity contribution in [3.05, 3.63) is 0 Å². The van der Waals surface area contributed by atoms with Crippen LogP contribution < -0.4 is 5.32 Å². The molecule has 1 N–H and O–H groups in total.